The van der Waals surface area contributed by atoms with Crippen LogP contribution in [0.2, 0.25) is 0 Å². The molecule has 2 aromatic rings. The van der Waals surface area contributed by atoms with Gasteiger partial charge < -0.3 is 20.1 Å². The van der Waals surface area contributed by atoms with Gasteiger partial charge in [0.15, 0.2) is 0 Å². The Morgan fingerprint density at radius 1 is 1.14 bits per heavy atom. The van der Waals surface area contributed by atoms with Gasteiger partial charge in [0.2, 0.25) is 5.91 Å². The van der Waals surface area contributed by atoms with Gasteiger partial charge in [0, 0.05) is 36.2 Å². The highest BCUT2D eigenvalue weighted by Gasteiger charge is 2.16. The zero-order valence-corrected chi connectivity index (χ0v) is 17.4. The van der Waals surface area contributed by atoms with Crippen LogP contribution in [-0.2, 0) is 16.1 Å². The van der Waals surface area contributed by atoms with Crippen LogP contribution in [-0.4, -0.2) is 43.2 Å². The molecule has 2 N–H and O–H groups in total. The van der Waals surface area contributed by atoms with E-state index < -0.39 is 0 Å². The summed E-state index contributed by atoms with van der Waals surface area (Å²) in [5, 5.41) is 6.37. The van der Waals surface area contributed by atoms with Crippen LogP contribution >= 0.6 is 24.2 Å². The number of benzene rings is 2. The molecular formula is C21H27ClN2O3S. The molecule has 1 atom stereocenters. The summed E-state index contributed by atoms with van der Waals surface area (Å²) in [7, 11) is 0. The van der Waals surface area contributed by atoms with Gasteiger partial charge in [-0.15, -0.1) is 12.4 Å². The number of thioether (sulfide) groups is 1. The minimum atomic E-state index is 0. The fourth-order valence-electron chi connectivity index (χ4n) is 2.85. The highest BCUT2D eigenvalue weighted by molar-refractivity contribution is 7.99. The summed E-state index contributed by atoms with van der Waals surface area (Å²) in [5.74, 6) is 3.00. The maximum Gasteiger partial charge on any atom is 0.225 e. The molecule has 1 saturated heterocycles. The molecule has 0 aliphatic carbocycles. The average molecular weight is 423 g/mol. The minimum Gasteiger partial charge on any atom is -0.491 e. The van der Waals surface area contributed by atoms with Gasteiger partial charge >= 0.3 is 0 Å². The number of anilines is 1. The van der Waals surface area contributed by atoms with Gasteiger partial charge in [0.1, 0.15) is 12.4 Å². The number of hydrogen-bond acceptors (Lipinski definition) is 5. The van der Waals surface area contributed by atoms with E-state index in [1.165, 1.54) is 0 Å². The standard InChI is InChI=1S/C21H26N2O3S.ClH/c24-21(14-19-16-27-12-9-22-19)23-18-6-4-5-17(13-18)15-25-10-11-26-20-7-2-1-3-8-20;/h1-8,13,19,22H,9-12,14-16H2,(H,23,24);1H. The molecule has 3 rings (SSSR count). The van der Waals surface area contributed by atoms with Gasteiger partial charge in [-0.05, 0) is 29.8 Å². The van der Waals surface area contributed by atoms with Crippen molar-refractivity contribution in [2.24, 2.45) is 0 Å². The van der Waals surface area contributed by atoms with Crippen LogP contribution in [0.4, 0.5) is 5.69 Å². The Kier molecular flexibility index (Phi) is 10.2. The second-order valence-corrected chi connectivity index (χ2v) is 7.54. The monoisotopic (exact) mass is 422 g/mol. The largest absolute Gasteiger partial charge is 0.491 e. The molecule has 28 heavy (non-hydrogen) atoms. The predicted octanol–water partition coefficient (Wildman–Crippen LogP) is 3.74. The number of para-hydroxylation sites is 1. The van der Waals surface area contributed by atoms with E-state index in [-0.39, 0.29) is 24.4 Å². The molecule has 1 unspecified atom stereocenters. The number of carbonyl (C=O) groups excluding carboxylic acids is 1. The quantitative estimate of drug-likeness (QED) is 0.603. The van der Waals surface area contributed by atoms with E-state index in [4.69, 9.17) is 9.47 Å². The molecule has 1 aliphatic rings. The Morgan fingerprint density at radius 3 is 2.79 bits per heavy atom. The molecule has 0 bridgehead atoms. The first kappa shape index (κ1) is 22.6. The molecule has 0 spiro atoms. The molecule has 0 aromatic heterocycles. The maximum absolute atomic E-state index is 12.2. The molecular weight excluding hydrogens is 396 g/mol. The second kappa shape index (κ2) is 12.7. The van der Waals surface area contributed by atoms with Crippen LogP contribution in [0.15, 0.2) is 54.6 Å². The van der Waals surface area contributed by atoms with E-state index in [1.807, 2.05) is 66.4 Å². The Hall–Kier alpha value is -1.73. The molecule has 1 amide bonds. The van der Waals surface area contributed by atoms with Crippen molar-refractivity contribution in [1.82, 2.24) is 5.32 Å². The van der Waals surface area contributed by atoms with E-state index in [1.54, 1.807) is 0 Å². The first-order chi connectivity index (χ1) is 13.3. The van der Waals surface area contributed by atoms with E-state index in [0.29, 0.717) is 26.2 Å². The molecule has 5 nitrogen and oxygen atoms in total. The lowest BCUT2D eigenvalue weighted by atomic mass is 10.2. The van der Waals surface area contributed by atoms with E-state index in [2.05, 4.69) is 10.6 Å². The smallest absolute Gasteiger partial charge is 0.225 e. The number of nitrogens with one attached hydrogen (secondary N) is 2. The molecule has 1 heterocycles. The lowest BCUT2D eigenvalue weighted by molar-refractivity contribution is -0.116. The van der Waals surface area contributed by atoms with Crippen LogP contribution in [0, 0.1) is 0 Å². The van der Waals surface area contributed by atoms with Gasteiger partial charge in [-0.1, -0.05) is 30.3 Å². The van der Waals surface area contributed by atoms with E-state index >= 15 is 0 Å². The van der Waals surface area contributed by atoms with Crippen molar-refractivity contribution in [2.45, 2.75) is 19.1 Å². The lowest BCUT2D eigenvalue weighted by Crippen LogP contribution is -2.39. The molecule has 0 saturated carbocycles. The molecule has 1 aliphatic heterocycles. The van der Waals surface area contributed by atoms with Crippen LogP contribution in [0.3, 0.4) is 0 Å². The zero-order valence-electron chi connectivity index (χ0n) is 15.8. The van der Waals surface area contributed by atoms with Gasteiger partial charge in [0.05, 0.1) is 13.2 Å². The van der Waals surface area contributed by atoms with Crippen LogP contribution in [0.5, 0.6) is 5.75 Å². The summed E-state index contributed by atoms with van der Waals surface area (Å²) in [5.41, 5.74) is 1.84. The number of hydrogen-bond donors (Lipinski definition) is 2. The molecule has 152 valence electrons. The fraction of sp³-hybridized carbons (Fsp3) is 0.381. The Balaban J connectivity index is 0.00000280. The molecule has 0 radical (unpaired) electrons. The Morgan fingerprint density at radius 2 is 2.00 bits per heavy atom. The van der Waals surface area contributed by atoms with Gasteiger partial charge in [-0.3, -0.25) is 4.79 Å². The number of halogens is 1. The normalized spacial score (nSPS) is 16.1. The van der Waals surface area contributed by atoms with Crippen molar-refractivity contribution in [3.63, 3.8) is 0 Å². The lowest BCUT2D eigenvalue weighted by Gasteiger charge is -2.22. The number of rotatable bonds is 9. The summed E-state index contributed by atoms with van der Waals surface area (Å²) >= 11 is 1.90. The summed E-state index contributed by atoms with van der Waals surface area (Å²) in [6, 6.07) is 17.7. The minimum absolute atomic E-state index is 0. The van der Waals surface area contributed by atoms with Crippen molar-refractivity contribution in [1.29, 1.82) is 0 Å². The van der Waals surface area contributed by atoms with Crippen LogP contribution in [0.25, 0.3) is 0 Å². The highest BCUT2D eigenvalue weighted by atomic mass is 35.5. The summed E-state index contributed by atoms with van der Waals surface area (Å²) in [6.07, 6.45) is 0.505. The summed E-state index contributed by atoms with van der Waals surface area (Å²) < 4.78 is 11.3. The zero-order chi connectivity index (χ0) is 18.7. The van der Waals surface area contributed by atoms with Gasteiger partial charge in [-0.25, -0.2) is 0 Å². The van der Waals surface area contributed by atoms with Crippen molar-refractivity contribution in [2.75, 3.05) is 36.6 Å². The first-order valence-electron chi connectivity index (χ1n) is 9.25. The van der Waals surface area contributed by atoms with Crippen molar-refractivity contribution in [3.8, 4) is 5.75 Å². The first-order valence-corrected chi connectivity index (χ1v) is 10.4. The van der Waals surface area contributed by atoms with E-state index in [9.17, 15) is 4.79 Å². The Labute approximate surface area is 177 Å². The number of amides is 1. The third-order valence-corrected chi connectivity index (χ3v) is 5.28. The van der Waals surface area contributed by atoms with E-state index in [0.717, 1.165) is 35.1 Å². The summed E-state index contributed by atoms with van der Waals surface area (Å²) in [6.45, 7) is 2.48. The maximum atomic E-state index is 12.2. The third kappa shape index (κ3) is 8.10. The van der Waals surface area contributed by atoms with Crippen LogP contribution in [0.1, 0.15) is 12.0 Å². The second-order valence-electron chi connectivity index (χ2n) is 6.39. The predicted molar refractivity (Wildman–Crippen MR) is 118 cm³/mol. The van der Waals surface area contributed by atoms with Gasteiger partial charge in [-0.2, -0.15) is 11.8 Å². The molecule has 2 aromatic carbocycles. The van der Waals surface area contributed by atoms with Crippen LogP contribution < -0.4 is 15.4 Å². The van der Waals surface area contributed by atoms with Crippen molar-refractivity contribution < 1.29 is 14.3 Å². The molecule has 1 fully saturated rings. The van der Waals surface area contributed by atoms with Gasteiger partial charge in [0.25, 0.3) is 0 Å². The number of carbonyl (C=O) groups is 1. The summed E-state index contributed by atoms with van der Waals surface area (Å²) in [4.78, 5) is 12.2. The fourth-order valence-corrected chi connectivity index (χ4v) is 3.80. The average Bonchev–Trinajstić information content (AvgIpc) is 2.69. The molecule has 7 heteroatoms. The third-order valence-electron chi connectivity index (χ3n) is 4.15. The number of ether oxygens (including phenoxy) is 2. The Bertz CT molecular complexity index is 712. The topological polar surface area (TPSA) is 59.6 Å². The highest BCUT2D eigenvalue weighted by Crippen LogP contribution is 2.14. The van der Waals surface area contributed by atoms with Crippen molar-refractivity contribution in [3.05, 3.63) is 60.2 Å². The SMILES string of the molecule is Cl.O=C(CC1CSCCN1)Nc1cccc(COCCOc2ccccc2)c1. The van der Waals surface area contributed by atoms with Crippen molar-refractivity contribution >= 4 is 35.8 Å².